The Morgan fingerprint density at radius 3 is 2.50 bits per heavy atom. The summed E-state index contributed by atoms with van der Waals surface area (Å²) in [6, 6.07) is 8.85. The van der Waals surface area contributed by atoms with Gasteiger partial charge in [0, 0.05) is 24.3 Å². The summed E-state index contributed by atoms with van der Waals surface area (Å²) in [5.74, 6) is 2.83. The van der Waals surface area contributed by atoms with E-state index in [-0.39, 0.29) is 12.2 Å². The number of hydrogen-bond acceptors (Lipinski definition) is 7. The van der Waals surface area contributed by atoms with E-state index in [1.54, 1.807) is 4.90 Å². The van der Waals surface area contributed by atoms with E-state index in [1.165, 1.54) is 50.5 Å². The molecule has 8 heteroatoms. The number of hydrogen-bond donors (Lipinski definition) is 1. The molecule has 1 atom stereocenters. The van der Waals surface area contributed by atoms with Gasteiger partial charge in [0.25, 0.3) is 0 Å². The molecule has 1 N–H and O–H groups in total. The molecule has 3 heterocycles. The highest BCUT2D eigenvalue weighted by Crippen LogP contribution is 2.38. The van der Waals surface area contributed by atoms with E-state index >= 15 is 0 Å². The van der Waals surface area contributed by atoms with Gasteiger partial charge in [-0.2, -0.15) is 4.98 Å². The van der Waals surface area contributed by atoms with E-state index in [2.05, 4.69) is 34.5 Å². The van der Waals surface area contributed by atoms with Crippen LogP contribution in [0.2, 0.25) is 0 Å². The Labute approximate surface area is 226 Å². The molecule has 1 amide bonds. The Morgan fingerprint density at radius 1 is 1.03 bits per heavy atom. The molecule has 2 saturated carbocycles. The molecule has 4 aliphatic rings. The average molecular weight is 520 g/mol. The summed E-state index contributed by atoms with van der Waals surface area (Å²) in [6.07, 6.45) is 9.03. The van der Waals surface area contributed by atoms with Gasteiger partial charge in [0.05, 0.1) is 31.5 Å². The minimum Gasteiger partial charge on any atom is -0.444 e. The van der Waals surface area contributed by atoms with Crippen molar-refractivity contribution in [2.45, 2.75) is 96.4 Å². The van der Waals surface area contributed by atoms with Gasteiger partial charge >= 0.3 is 6.09 Å². The van der Waals surface area contributed by atoms with Crippen molar-refractivity contribution >= 4 is 23.5 Å². The Morgan fingerprint density at radius 2 is 1.79 bits per heavy atom. The maximum Gasteiger partial charge on any atom is 0.410 e. The zero-order valence-electron chi connectivity index (χ0n) is 23.0. The SMILES string of the molecule is CC(C)(C)OC(=O)N1Cc2nc(N3CCOC(C4CC4)C3)nc(Nc3ccc(C4CCCCC4)cc3)c2C1. The number of nitrogens with one attached hydrogen (secondary N) is 1. The highest BCUT2D eigenvalue weighted by Gasteiger charge is 2.37. The smallest absolute Gasteiger partial charge is 0.410 e. The number of amides is 1. The summed E-state index contributed by atoms with van der Waals surface area (Å²) in [5, 5.41) is 3.58. The zero-order valence-corrected chi connectivity index (χ0v) is 23.0. The molecule has 2 aromatic rings. The van der Waals surface area contributed by atoms with E-state index in [0.29, 0.717) is 37.5 Å². The van der Waals surface area contributed by atoms with Crippen LogP contribution in [-0.4, -0.2) is 52.4 Å². The first-order chi connectivity index (χ1) is 18.3. The first kappa shape index (κ1) is 25.4. The summed E-state index contributed by atoms with van der Waals surface area (Å²) >= 11 is 0. The van der Waals surface area contributed by atoms with Crippen LogP contribution in [0.3, 0.4) is 0 Å². The van der Waals surface area contributed by atoms with Crippen LogP contribution in [0.1, 0.15) is 88.5 Å². The molecule has 3 fully saturated rings. The lowest BCUT2D eigenvalue weighted by atomic mass is 9.84. The van der Waals surface area contributed by atoms with Crippen molar-refractivity contribution in [1.29, 1.82) is 0 Å². The van der Waals surface area contributed by atoms with E-state index in [9.17, 15) is 4.79 Å². The average Bonchev–Trinajstić information content (AvgIpc) is 3.67. The molecule has 1 unspecified atom stereocenters. The van der Waals surface area contributed by atoms with E-state index in [1.807, 2.05) is 20.8 Å². The number of ether oxygens (including phenoxy) is 2. The minimum atomic E-state index is -0.546. The lowest BCUT2D eigenvalue weighted by Gasteiger charge is -2.33. The molecular weight excluding hydrogens is 478 g/mol. The van der Waals surface area contributed by atoms with Gasteiger partial charge in [-0.1, -0.05) is 31.4 Å². The van der Waals surface area contributed by atoms with Gasteiger partial charge in [-0.3, -0.25) is 4.90 Å². The van der Waals surface area contributed by atoms with Crippen molar-refractivity contribution in [2.75, 3.05) is 29.9 Å². The van der Waals surface area contributed by atoms with Crippen molar-refractivity contribution in [1.82, 2.24) is 14.9 Å². The number of benzene rings is 1. The molecule has 0 bridgehead atoms. The molecular formula is C30H41N5O3. The van der Waals surface area contributed by atoms with Crippen molar-refractivity contribution in [3.8, 4) is 0 Å². The van der Waals surface area contributed by atoms with Crippen LogP contribution in [0.5, 0.6) is 0 Å². The highest BCUT2D eigenvalue weighted by atomic mass is 16.6. The fourth-order valence-electron chi connectivity index (χ4n) is 5.96. The van der Waals surface area contributed by atoms with Crippen LogP contribution in [0.15, 0.2) is 24.3 Å². The third kappa shape index (κ3) is 5.75. The zero-order chi connectivity index (χ0) is 26.3. The van der Waals surface area contributed by atoms with Crippen molar-refractivity contribution in [3.63, 3.8) is 0 Å². The van der Waals surface area contributed by atoms with Crippen LogP contribution in [-0.2, 0) is 22.6 Å². The summed E-state index contributed by atoms with van der Waals surface area (Å²) in [7, 11) is 0. The summed E-state index contributed by atoms with van der Waals surface area (Å²) in [6.45, 7) is 8.81. The Hall–Kier alpha value is -2.87. The number of rotatable bonds is 5. The van der Waals surface area contributed by atoms with Crippen molar-refractivity contribution in [2.24, 2.45) is 5.92 Å². The molecule has 2 aliphatic heterocycles. The maximum absolute atomic E-state index is 12.9. The van der Waals surface area contributed by atoms with Crippen LogP contribution in [0, 0.1) is 5.92 Å². The van der Waals surface area contributed by atoms with Crippen LogP contribution in [0.4, 0.5) is 22.2 Å². The maximum atomic E-state index is 12.9. The van der Waals surface area contributed by atoms with Gasteiger partial charge in [0.2, 0.25) is 5.95 Å². The molecule has 6 rings (SSSR count). The predicted molar refractivity (Wildman–Crippen MR) is 148 cm³/mol. The first-order valence-electron chi connectivity index (χ1n) is 14.4. The molecule has 1 saturated heterocycles. The summed E-state index contributed by atoms with van der Waals surface area (Å²) < 4.78 is 11.7. The second-order valence-corrected chi connectivity index (χ2v) is 12.4. The second-order valence-electron chi connectivity index (χ2n) is 12.4. The normalized spacial score (nSPS) is 22.3. The topological polar surface area (TPSA) is 79.8 Å². The fourth-order valence-corrected chi connectivity index (χ4v) is 5.96. The standard InChI is InChI=1S/C30H41N5O3/c1-30(2,3)38-29(36)35-17-24-25(18-35)32-28(34-15-16-37-26(19-34)22-9-10-22)33-27(24)31-23-13-11-21(12-14-23)20-7-5-4-6-8-20/h11-14,20,22,26H,4-10,15-19H2,1-3H3,(H,31,32,33). The molecule has 2 aliphatic carbocycles. The van der Waals surface area contributed by atoms with Crippen molar-refractivity contribution < 1.29 is 14.3 Å². The number of aromatic nitrogens is 2. The molecule has 0 radical (unpaired) electrons. The van der Waals surface area contributed by atoms with Gasteiger partial charge in [-0.25, -0.2) is 9.78 Å². The van der Waals surface area contributed by atoms with Gasteiger partial charge in [-0.05, 0) is 76.0 Å². The van der Waals surface area contributed by atoms with E-state index < -0.39 is 5.60 Å². The minimum absolute atomic E-state index is 0.252. The fraction of sp³-hybridized carbons (Fsp3) is 0.633. The lowest BCUT2D eigenvalue weighted by molar-refractivity contribution is 0.0241. The van der Waals surface area contributed by atoms with E-state index in [0.717, 1.165) is 35.9 Å². The Kier molecular flexibility index (Phi) is 6.93. The van der Waals surface area contributed by atoms with Crippen molar-refractivity contribution in [3.05, 3.63) is 41.1 Å². The molecule has 1 aromatic carbocycles. The largest absolute Gasteiger partial charge is 0.444 e. The third-order valence-corrected chi connectivity index (χ3v) is 8.20. The van der Waals surface area contributed by atoms with Gasteiger partial charge in [-0.15, -0.1) is 0 Å². The highest BCUT2D eigenvalue weighted by molar-refractivity contribution is 5.71. The lowest BCUT2D eigenvalue weighted by Crippen LogP contribution is -2.44. The summed E-state index contributed by atoms with van der Waals surface area (Å²) in [4.78, 5) is 26.9. The number of carbonyl (C=O) groups is 1. The number of carbonyl (C=O) groups excluding carboxylic acids is 1. The number of fused-ring (bicyclic) bond motifs is 1. The number of nitrogens with zero attached hydrogens (tertiary/aromatic N) is 4. The second kappa shape index (κ2) is 10.4. The van der Waals surface area contributed by atoms with Gasteiger partial charge in [0.15, 0.2) is 0 Å². The number of morpholine rings is 1. The molecule has 0 spiro atoms. The third-order valence-electron chi connectivity index (χ3n) is 8.20. The molecule has 8 nitrogen and oxygen atoms in total. The van der Waals surface area contributed by atoms with E-state index in [4.69, 9.17) is 19.4 Å². The molecule has 1 aromatic heterocycles. The van der Waals surface area contributed by atoms with Crippen LogP contribution < -0.4 is 10.2 Å². The number of anilines is 3. The Bertz CT molecular complexity index is 1150. The van der Waals surface area contributed by atoms with Crippen LogP contribution >= 0.6 is 0 Å². The Balaban J connectivity index is 1.25. The molecule has 38 heavy (non-hydrogen) atoms. The quantitative estimate of drug-likeness (QED) is 0.509. The predicted octanol–water partition coefficient (Wildman–Crippen LogP) is 6.13. The monoisotopic (exact) mass is 519 g/mol. The van der Waals surface area contributed by atoms with Gasteiger partial charge < -0.3 is 19.7 Å². The summed E-state index contributed by atoms with van der Waals surface area (Å²) in [5.41, 5.74) is 3.74. The molecule has 204 valence electrons. The van der Waals surface area contributed by atoms with Gasteiger partial charge in [0.1, 0.15) is 11.4 Å². The first-order valence-corrected chi connectivity index (χ1v) is 14.4. The van der Waals surface area contributed by atoms with Crippen LogP contribution in [0.25, 0.3) is 0 Å².